The van der Waals surface area contributed by atoms with Crippen molar-refractivity contribution in [1.82, 2.24) is 20.2 Å². The summed E-state index contributed by atoms with van der Waals surface area (Å²) in [5.41, 5.74) is 2.90. The van der Waals surface area contributed by atoms with Crippen molar-refractivity contribution in [3.8, 4) is 0 Å². The second kappa shape index (κ2) is 12.8. The van der Waals surface area contributed by atoms with Crippen LogP contribution in [-0.4, -0.2) is 30.9 Å². The molecule has 42 heavy (non-hydrogen) atoms. The zero-order valence-corrected chi connectivity index (χ0v) is 25.2. The average Bonchev–Trinajstić information content (AvgIpc) is 3.81. The van der Waals surface area contributed by atoms with Crippen molar-refractivity contribution in [1.29, 1.82) is 0 Å². The van der Waals surface area contributed by atoms with Gasteiger partial charge in [0, 0.05) is 21.7 Å². The van der Waals surface area contributed by atoms with Gasteiger partial charge in [0.05, 0.1) is 29.2 Å². The summed E-state index contributed by atoms with van der Waals surface area (Å²) in [5.74, 6) is -3.85. The largest absolute Gasteiger partial charge is 0.352 e. The number of aromatic nitrogens is 2. The fraction of sp³-hybridized carbons (Fsp3) is 0.207. The lowest BCUT2D eigenvalue weighted by atomic mass is 10.1. The maximum atomic E-state index is 15.8. The number of rotatable bonds is 11. The summed E-state index contributed by atoms with van der Waals surface area (Å²) in [6, 6.07) is 14.6. The number of benzene rings is 2. The van der Waals surface area contributed by atoms with Gasteiger partial charge in [0.1, 0.15) is 10.9 Å². The monoisotopic (exact) mass is 705 g/mol. The van der Waals surface area contributed by atoms with E-state index in [0.717, 1.165) is 22.5 Å². The van der Waals surface area contributed by atoms with Crippen LogP contribution >= 0.6 is 22.6 Å². The van der Waals surface area contributed by atoms with E-state index in [0.29, 0.717) is 17.2 Å². The van der Waals surface area contributed by atoms with Gasteiger partial charge in [-0.25, -0.2) is 22.7 Å². The Bertz CT molecular complexity index is 1670. The van der Waals surface area contributed by atoms with Crippen LogP contribution < -0.4 is 15.5 Å². The van der Waals surface area contributed by atoms with Gasteiger partial charge in [-0.2, -0.15) is 4.72 Å². The molecule has 0 bridgehead atoms. The van der Waals surface area contributed by atoms with Gasteiger partial charge in [-0.15, -0.1) is 0 Å². The Kier molecular flexibility index (Phi) is 9.11. The maximum absolute atomic E-state index is 15.8. The van der Waals surface area contributed by atoms with E-state index in [2.05, 4.69) is 48.1 Å². The highest BCUT2D eigenvalue weighted by Crippen LogP contribution is 2.34. The molecule has 1 fully saturated rings. The summed E-state index contributed by atoms with van der Waals surface area (Å²) in [7, 11) is -4.79. The standard InChI is InChI=1S/C29H26F2IN5O4S/c1-17-14-19(32)10-11-21(17)35-27-20(29(38)36-41-16-18-8-9-18)15-24(25(30)26(27)31)42(39,40)37-28(22-6-2-4-12-33-22)23-7-3-5-13-34-23/h2-7,10-15,18,28,35,37H,8-9,16H2,1H3,(H,36,38). The van der Waals surface area contributed by atoms with Crippen LogP contribution in [0.5, 0.6) is 0 Å². The minimum absolute atomic E-state index is 0.247. The molecule has 0 saturated heterocycles. The first-order chi connectivity index (χ1) is 20.1. The third kappa shape index (κ3) is 6.91. The molecule has 9 nitrogen and oxygen atoms in total. The van der Waals surface area contributed by atoms with E-state index in [1.54, 1.807) is 55.5 Å². The van der Waals surface area contributed by atoms with E-state index in [9.17, 15) is 13.2 Å². The normalized spacial score (nSPS) is 13.3. The first-order valence-electron chi connectivity index (χ1n) is 13.0. The molecule has 218 valence electrons. The third-order valence-electron chi connectivity index (χ3n) is 6.58. The Morgan fingerprint density at radius 1 is 1.02 bits per heavy atom. The topological polar surface area (TPSA) is 122 Å². The zero-order chi connectivity index (χ0) is 29.9. The third-order valence-corrected chi connectivity index (χ3v) is 8.67. The van der Waals surface area contributed by atoms with E-state index in [4.69, 9.17) is 4.84 Å². The summed E-state index contributed by atoms with van der Waals surface area (Å²) in [6.07, 6.45) is 4.86. The molecule has 4 aromatic rings. The lowest BCUT2D eigenvalue weighted by Gasteiger charge is -2.20. The SMILES string of the molecule is Cc1cc(I)ccc1Nc1c(C(=O)NOCC2CC2)cc(S(=O)(=O)NC(c2ccccn2)c2ccccn2)c(F)c1F. The molecule has 0 aliphatic heterocycles. The molecular weight excluding hydrogens is 679 g/mol. The number of sulfonamides is 1. The van der Waals surface area contributed by atoms with E-state index in [1.807, 2.05) is 6.07 Å². The van der Waals surface area contributed by atoms with Crippen LogP contribution in [0.25, 0.3) is 0 Å². The molecule has 1 saturated carbocycles. The highest BCUT2D eigenvalue weighted by Gasteiger charge is 2.33. The van der Waals surface area contributed by atoms with Crippen LogP contribution in [-0.2, 0) is 14.9 Å². The van der Waals surface area contributed by atoms with Crippen LogP contribution in [0.2, 0.25) is 0 Å². The van der Waals surface area contributed by atoms with Crippen LogP contribution in [0.1, 0.15) is 46.2 Å². The zero-order valence-electron chi connectivity index (χ0n) is 22.3. The number of carbonyl (C=O) groups is 1. The van der Waals surface area contributed by atoms with Gasteiger partial charge in [-0.05, 0) is 102 Å². The number of aryl methyl sites for hydroxylation is 1. The molecule has 1 amide bonds. The van der Waals surface area contributed by atoms with Gasteiger partial charge in [0.25, 0.3) is 5.91 Å². The maximum Gasteiger partial charge on any atom is 0.277 e. The summed E-state index contributed by atoms with van der Waals surface area (Å²) in [6.45, 7) is 2.01. The highest BCUT2D eigenvalue weighted by molar-refractivity contribution is 14.1. The first kappa shape index (κ1) is 29.9. The molecule has 2 heterocycles. The van der Waals surface area contributed by atoms with E-state index in [1.165, 1.54) is 12.4 Å². The van der Waals surface area contributed by atoms with E-state index >= 15 is 8.78 Å². The van der Waals surface area contributed by atoms with Gasteiger partial charge >= 0.3 is 0 Å². The van der Waals surface area contributed by atoms with Crippen molar-refractivity contribution in [3.05, 3.63) is 111 Å². The molecule has 2 aromatic heterocycles. The number of carbonyl (C=O) groups excluding carboxylic acids is 1. The van der Waals surface area contributed by atoms with Crippen LogP contribution in [0.4, 0.5) is 20.2 Å². The lowest BCUT2D eigenvalue weighted by Crippen LogP contribution is -2.32. The fourth-order valence-electron chi connectivity index (χ4n) is 4.15. The molecule has 3 N–H and O–H groups in total. The van der Waals surface area contributed by atoms with E-state index in [-0.39, 0.29) is 18.0 Å². The molecule has 13 heteroatoms. The van der Waals surface area contributed by atoms with E-state index < -0.39 is 49.8 Å². The summed E-state index contributed by atoms with van der Waals surface area (Å²) < 4.78 is 62.0. The lowest BCUT2D eigenvalue weighted by molar-refractivity contribution is 0.0270. The Hall–Kier alpha value is -3.53. The number of nitrogens with zero attached hydrogens (tertiary/aromatic N) is 2. The van der Waals surface area contributed by atoms with Gasteiger partial charge in [-0.3, -0.25) is 19.6 Å². The average molecular weight is 706 g/mol. The molecule has 1 aliphatic carbocycles. The van der Waals surface area contributed by atoms with Crippen LogP contribution in [0, 0.1) is 28.0 Å². The van der Waals surface area contributed by atoms with Crippen molar-refractivity contribution >= 4 is 49.9 Å². The predicted molar refractivity (Wildman–Crippen MR) is 160 cm³/mol. The van der Waals surface area contributed by atoms with Gasteiger partial charge < -0.3 is 5.32 Å². The summed E-state index contributed by atoms with van der Waals surface area (Å²) in [5, 5.41) is 2.77. The smallest absolute Gasteiger partial charge is 0.277 e. The Labute approximate surface area is 255 Å². The van der Waals surface area contributed by atoms with Gasteiger partial charge in [0.15, 0.2) is 11.6 Å². The predicted octanol–water partition coefficient (Wildman–Crippen LogP) is 5.55. The molecule has 2 aromatic carbocycles. The van der Waals surface area contributed by atoms with Crippen molar-refractivity contribution in [2.24, 2.45) is 5.92 Å². The fourth-order valence-corrected chi connectivity index (χ4v) is 6.07. The number of hydrogen-bond donors (Lipinski definition) is 3. The molecule has 0 radical (unpaired) electrons. The quantitative estimate of drug-likeness (QED) is 0.138. The Morgan fingerprint density at radius 3 is 2.26 bits per heavy atom. The second-order valence-corrected chi connectivity index (χ2v) is 12.7. The minimum atomic E-state index is -4.79. The van der Waals surface area contributed by atoms with Gasteiger partial charge in [0.2, 0.25) is 10.0 Å². The van der Waals surface area contributed by atoms with Crippen LogP contribution in [0.3, 0.4) is 0 Å². The van der Waals surface area contributed by atoms with Crippen LogP contribution in [0.15, 0.2) is 78.0 Å². The van der Waals surface area contributed by atoms with Crippen molar-refractivity contribution in [2.75, 3.05) is 11.9 Å². The second-order valence-electron chi connectivity index (χ2n) is 9.76. The molecule has 0 unspecified atom stereocenters. The minimum Gasteiger partial charge on any atom is -0.352 e. The van der Waals surface area contributed by atoms with Crippen molar-refractivity contribution < 1.29 is 26.8 Å². The molecule has 1 aliphatic rings. The Balaban J connectivity index is 1.56. The molecule has 5 rings (SSSR count). The first-order valence-corrected chi connectivity index (χ1v) is 15.5. The molecule has 0 atom stereocenters. The number of amides is 1. The van der Waals surface area contributed by atoms with Crippen molar-refractivity contribution in [3.63, 3.8) is 0 Å². The highest BCUT2D eigenvalue weighted by atomic mass is 127. The molecular formula is C29H26F2IN5O4S. The number of pyridine rings is 2. The molecule has 0 spiro atoms. The number of hydroxylamine groups is 1. The number of halogens is 3. The number of anilines is 2. The number of hydrogen-bond acceptors (Lipinski definition) is 7. The summed E-state index contributed by atoms with van der Waals surface area (Å²) >= 11 is 2.11. The van der Waals surface area contributed by atoms with Crippen molar-refractivity contribution in [2.45, 2.75) is 30.7 Å². The van der Waals surface area contributed by atoms with Gasteiger partial charge in [-0.1, -0.05) is 12.1 Å². The summed E-state index contributed by atoms with van der Waals surface area (Å²) in [4.78, 5) is 25.9. The Morgan fingerprint density at radius 2 is 1.69 bits per heavy atom. The number of nitrogens with one attached hydrogen (secondary N) is 3.